The molecule has 0 saturated heterocycles. The highest BCUT2D eigenvalue weighted by atomic mass is 16.2. The second-order valence-electron chi connectivity index (χ2n) is 4.60. The number of carbonyl (C=O) groups excluding carboxylic acids is 2. The Labute approximate surface area is 113 Å². The van der Waals surface area contributed by atoms with Gasteiger partial charge in [0.2, 0.25) is 11.8 Å². The molecular formula is C14H21N3O2. The molecule has 2 amide bonds. The van der Waals surface area contributed by atoms with Gasteiger partial charge in [0.1, 0.15) is 0 Å². The van der Waals surface area contributed by atoms with E-state index < -0.39 is 0 Å². The van der Waals surface area contributed by atoms with Gasteiger partial charge in [0.25, 0.3) is 0 Å². The molecule has 1 rings (SSSR count). The Morgan fingerprint density at radius 3 is 2.37 bits per heavy atom. The number of benzene rings is 1. The highest BCUT2D eigenvalue weighted by Crippen LogP contribution is 2.11. The van der Waals surface area contributed by atoms with E-state index >= 15 is 0 Å². The fourth-order valence-electron chi connectivity index (χ4n) is 1.52. The van der Waals surface area contributed by atoms with Crippen molar-refractivity contribution in [3.05, 3.63) is 29.8 Å². The van der Waals surface area contributed by atoms with Crippen molar-refractivity contribution in [3.63, 3.8) is 0 Å². The van der Waals surface area contributed by atoms with Gasteiger partial charge in [0.15, 0.2) is 0 Å². The number of likely N-dealkylation sites (N-methyl/N-ethyl adjacent to an activating group) is 1. The molecule has 0 aromatic heterocycles. The predicted molar refractivity (Wildman–Crippen MR) is 75.8 cm³/mol. The molecule has 0 bridgehead atoms. The second-order valence-corrected chi connectivity index (χ2v) is 4.60. The molecule has 0 unspecified atom stereocenters. The van der Waals surface area contributed by atoms with Crippen molar-refractivity contribution < 1.29 is 9.59 Å². The third-order valence-electron chi connectivity index (χ3n) is 2.70. The first kappa shape index (κ1) is 15.2. The van der Waals surface area contributed by atoms with Gasteiger partial charge < -0.3 is 16.0 Å². The molecule has 5 heteroatoms. The molecule has 1 aromatic carbocycles. The summed E-state index contributed by atoms with van der Waals surface area (Å²) >= 11 is 0. The minimum Gasteiger partial charge on any atom is -0.349 e. The van der Waals surface area contributed by atoms with E-state index in [-0.39, 0.29) is 11.8 Å². The monoisotopic (exact) mass is 263 g/mol. The molecule has 19 heavy (non-hydrogen) atoms. The summed E-state index contributed by atoms with van der Waals surface area (Å²) < 4.78 is 0. The van der Waals surface area contributed by atoms with E-state index in [4.69, 9.17) is 5.73 Å². The summed E-state index contributed by atoms with van der Waals surface area (Å²) in [6.07, 6.45) is 1.48. The minimum absolute atomic E-state index is 0.0393. The van der Waals surface area contributed by atoms with Crippen LogP contribution in [0.4, 0.5) is 5.69 Å². The van der Waals surface area contributed by atoms with Gasteiger partial charge >= 0.3 is 0 Å². The molecule has 0 spiro atoms. The Bertz CT molecular complexity index is 427. The molecule has 0 atom stereocenters. The summed E-state index contributed by atoms with van der Waals surface area (Å²) in [4.78, 5) is 24.6. The smallest absolute Gasteiger partial charge is 0.226 e. The van der Waals surface area contributed by atoms with Crippen molar-refractivity contribution in [1.29, 1.82) is 0 Å². The van der Waals surface area contributed by atoms with Gasteiger partial charge in [-0.25, -0.2) is 0 Å². The number of nitrogens with zero attached hydrogens (tertiary/aromatic N) is 1. The molecule has 5 nitrogen and oxygen atoms in total. The molecule has 0 fully saturated rings. The number of amides is 2. The number of nitrogens with two attached hydrogens (primary N) is 1. The van der Waals surface area contributed by atoms with E-state index in [2.05, 4.69) is 5.32 Å². The SMILES string of the molecule is CN(C)C(=O)Cc1ccc(NC(=O)CCCN)cc1. The lowest BCUT2D eigenvalue weighted by Crippen LogP contribution is -2.23. The van der Waals surface area contributed by atoms with E-state index in [1.165, 1.54) is 0 Å². The number of rotatable bonds is 6. The average Bonchev–Trinajstić information content (AvgIpc) is 2.38. The lowest BCUT2D eigenvalue weighted by Gasteiger charge is -2.10. The Hall–Kier alpha value is -1.88. The van der Waals surface area contributed by atoms with Crippen molar-refractivity contribution in [3.8, 4) is 0 Å². The third-order valence-corrected chi connectivity index (χ3v) is 2.70. The average molecular weight is 263 g/mol. The first-order valence-corrected chi connectivity index (χ1v) is 6.32. The molecule has 0 aliphatic heterocycles. The number of nitrogens with one attached hydrogen (secondary N) is 1. The fraction of sp³-hybridized carbons (Fsp3) is 0.429. The Morgan fingerprint density at radius 1 is 1.21 bits per heavy atom. The van der Waals surface area contributed by atoms with Crippen LogP contribution in [0.15, 0.2) is 24.3 Å². The number of carbonyl (C=O) groups is 2. The molecular weight excluding hydrogens is 242 g/mol. The molecule has 0 saturated carbocycles. The van der Waals surface area contributed by atoms with Gasteiger partial charge in [-0.2, -0.15) is 0 Å². The molecule has 0 aliphatic rings. The molecule has 104 valence electrons. The highest BCUT2D eigenvalue weighted by Gasteiger charge is 2.06. The first-order valence-electron chi connectivity index (χ1n) is 6.32. The normalized spacial score (nSPS) is 10.1. The van der Waals surface area contributed by atoms with Crippen molar-refractivity contribution in [2.45, 2.75) is 19.3 Å². The zero-order chi connectivity index (χ0) is 14.3. The summed E-state index contributed by atoms with van der Waals surface area (Å²) in [5.74, 6) is 0.0160. The molecule has 0 heterocycles. The molecule has 1 aromatic rings. The van der Waals surface area contributed by atoms with Crippen LogP contribution in [-0.4, -0.2) is 37.4 Å². The first-order chi connectivity index (χ1) is 9.02. The van der Waals surface area contributed by atoms with Crippen LogP contribution in [-0.2, 0) is 16.0 Å². The van der Waals surface area contributed by atoms with E-state index in [1.54, 1.807) is 31.1 Å². The van der Waals surface area contributed by atoms with Crippen LogP contribution in [0, 0.1) is 0 Å². The third kappa shape index (κ3) is 5.52. The molecule has 3 N–H and O–H groups in total. The summed E-state index contributed by atoms with van der Waals surface area (Å²) in [6, 6.07) is 7.30. The summed E-state index contributed by atoms with van der Waals surface area (Å²) in [5, 5.41) is 2.79. The lowest BCUT2D eigenvalue weighted by molar-refractivity contribution is -0.128. The van der Waals surface area contributed by atoms with Crippen molar-refractivity contribution in [2.24, 2.45) is 5.73 Å². The van der Waals surface area contributed by atoms with E-state index in [1.807, 2.05) is 12.1 Å². The number of hydrogen-bond donors (Lipinski definition) is 2. The molecule has 0 aliphatic carbocycles. The van der Waals surface area contributed by atoms with Gasteiger partial charge in [-0.05, 0) is 30.7 Å². The Balaban J connectivity index is 2.52. The quantitative estimate of drug-likeness (QED) is 0.803. The Kier molecular flexibility index (Phi) is 6.02. The van der Waals surface area contributed by atoms with Gasteiger partial charge in [0.05, 0.1) is 6.42 Å². The van der Waals surface area contributed by atoms with E-state index in [0.717, 1.165) is 11.3 Å². The zero-order valence-corrected chi connectivity index (χ0v) is 11.5. The minimum atomic E-state index is -0.0393. The van der Waals surface area contributed by atoms with Gasteiger partial charge in [0, 0.05) is 26.2 Å². The van der Waals surface area contributed by atoms with E-state index in [9.17, 15) is 9.59 Å². The predicted octanol–water partition coefficient (Wildman–Crippen LogP) is 0.995. The zero-order valence-electron chi connectivity index (χ0n) is 11.5. The van der Waals surface area contributed by atoms with Crippen molar-refractivity contribution in [1.82, 2.24) is 4.90 Å². The standard InChI is InChI=1S/C14H21N3O2/c1-17(2)14(19)10-11-5-7-12(8-6-11)16-13(18)4-3-9-15/h5-8H,3-4,9-10,15H2,1-2H3,(H,16,18). The lowest BCUT2D eigenvalue weighted by atomic mass is 10.1. The number of anilines is 1. The largest absolute Gasteiger partial charge is 0.349 e. The van der Waals surface area contributed by atoms with Crippen LogP contribution in [0.1, 0.15) is 18.4 Å². The fourth-order valence-corrected chi connectivity index (χ4v) is 1.52. The van der Waals surface area contributed by atoms with Crippen LogP contribution in [0.5, 0.6) is 0 Å². The number of hydrogen-bond acceptors (Lipinski definition) is 3. The van der Waals surface area contributed by atoms with Crippen LogP contribution in [0.25, 0.3) is 0 Å². The Morgan fingerprint density at radius 2 is 1.84 bits per heavy atom. The van der Waals surface area contributed by atoms with E-state index in [0.29, 0.717) is 25.8 Å². The van der Waals surface area contributed by atoms with Crippen molar-refractivity contribution in [2.75, 3.05) is 26.0 Å². The van der Waals surface area contributed by atoms with Crippen molar-refractivity contribution >= 4 is 17.5 Å². The maximum absolute atomic E-state index is 11.5. The summed E-state index contributed by atoms with van der Waals surface area (Å²) in [7, 11) is 3.46. The van der Waals surface area contributed by atoms with Crippen LogP contribution in [0.3, 0.4) is 0 Å². The summed E-state index contributed by atoms with van der Waals surface area (Å²) in [6.45, 7) is 0.513. The maximum atomic E-state index is 11.5. The van der Waals surface area contributed by atoms with Gasteiger partial charge in [-0.3, -0.25) is 9.59 Å². The molecule has 0 radical (unpaired) electrons. The maximum Gasteiger partial charge on any atom is 0.226 e. The highest BCUT2D eigenvalue weighted by molar-refractivity contribution is 5.90. The van der Waals surface area contributed by atoms with Crippen LogP contribution in [0.2, 0.25) is 0 Å². The van der Waals surface area contributed by atoms with Gasteiger partial charge in [-0.1, -0.05) is 12.1 Å². The van der Waals surface area contributed by atoms with Crippen LogP contribution < -0.4 is 11.1 Å². The van der Waals surface area contributed by atoms with Gasteiger partial charge in [-0.15, -0.1) is 0 Å². The topological polar surface area (TPSA) is 75.4 Å². The summed E-state index contributed by atoms with van der Waals surface area (Å²) in [5.41, 5.74) is 7.01. The van der Waals surface area contributed by atoms with Crippen LogP contribution >= 0.6 is 0 Å². The second kappa shape index (κ2) is 7.53.